The Bertz CT molecular complexity index is 774. The van der Waals surface area contributed by atoms with E-state index >= 15 is 0 Å². The molecule has 0 unspecified atom stereocenters. The quantitative estimate of drug-likeness (QED) is 0.794. The van der Waals surface area contributed by atoms with Gasteiger partial charge in [-0.3, -0.25) is 4.79 Å². The van der Waals surface area contributed by atoms with Crippen molar-refractivity contribution >= 4 is 23.4 Å². The average Bonchev–Trinajstić information content (AvgIpc) is 3.10. The van der Waals surface area contributed by atoms with Gasteiger partial charge in [0, 0.05) is 19.3 Å². The minimum atomic E-state index is -4.57. The molecule has 0 fully saturated rings. The summed E-state index contributed by atoms with van der Waals surface area (Å²) in [6.07, 6.45) is -3.79. The van der Waals surface area contributed by atoms with Crippen LogP contribution in [0, 0.1) is 0 Å². The molecule has 0 radical (unpaired) electrons. The van der Waals surface area contributed by atoms with E-state index < -0.39 is 17.3 Å². The molecule has 0 aliphatic carbocycles. The summed E-state index contributed by atoms with van der Waals surface area (Å²) in [5, 5.41) is 6.23. The molecule has 0 saturated heterocycles. The largest absolute Gasteiger partial charge is 0.451 e. The van der Waals surface area contributed by atoms with Gasteiger partial charge >= 0.3 is 6.18 Å². The van der Waals surface area contributed by atoms with Crippen molar-refractivity contribution in [3.8, 4) is 0 Å². The zero-order valence-corrected chi connectivity index (χ0v) is 13.9. The molecule has 0 N–H and O–H groups in total. The number of carbonyl (C=O) groups is 1. The lowest BCUT2D eigenvalue weighted by Crippen LogP contribution is -2.35. The highest BCUT2D eigenvalue weighted by molar-refractivity contribution is 8.00. The number of amides is 1. The Hall–Kier alpha value is -2.03. The van der Waals surface area contributed by atoms with Crippen molar-refractivity contribution in [2.75, 3.05) is 11.4 Å². The minimum absolute atomic E-state index is 0.0654. The number of anilines is 1. The van der Waals surface area contributed by atoms with Crippen molar-refractivity contribution in [3.63, 3.8) is 0 Å². The van der Waals surface area contributed by atoms with Crippen molar-refractivity contribution in [2.24, 2.45) is 7.05 Å². The van der Waals surface area contributed by atoms with Crippen LogP contribution in [-0.2, 0) is 24.4 Å². The maximum atomic E-state index is 12.8. The molecule has 128 valence electrons. The van der Waals surface area contributed by atoms with Crippen molar-refractivity contribution in [1.29, 1.82) is 0 Å². The summed E-state index contributed by atoms with van der Waals surface area (Å²) < 4.78 is 39.2. The van der Waals surface area contributed by atoms with Crippen molar-refractivity contribution in [1.82, 2.24) is 14.8 Å². The Morgan fingerprint density at radius 2 is 2.00 bits per heavy atom. The van der Waals surface area contributed by atoms with Crippen LogP contribution < -0.4 is 4.90 Å². The molecular weight excluding hydrogens is 341 g/mol. The van der Waals surface area contributed by atoms with E-state index in [1.807, 2.05) is 24.3 Å². The Balaban J connectivity index is 1.75. The summed E-state index contributed by atoms with van der Waals surface area (Å²) in [6.45, 7) is 2.24. The third-order valence-corrected chi connectivity index (χ3v) is 4.99. The molecule has 9 heteroatoms. The number of thioether (sulfide) groups is 1. The van der Waals surface area contributed by atoms with Crippen molar-refractivity contribution in [3.05, 3.63) is 35.7 Å². The third-order valence-electron chi connectivity index (χ3n) is 3.87. The maximum Gasteiger partial charge on any atom is 0.451 e. The van der Waals surface area contributed by atoms with E-state index in [0.29, 0.717) is 6.54 Å². The predicted molar refractivity (Wildman–Crippen MR) is 83.8 cm³/mol. The molecule has 1 amide bonds. The van der Waals surface area contributed by atoms with Gasteiger partial charge in [-0.1, -0.05) is 30.0 Å². The topological polar surface area (TPSA) is 51.0 Å². The van der Waals surface area contributed by atoms with Gasteiger partial charge in [0.15, 0.2) is 5.16 Å². The highest BCUT2D eigenvalue weighted by atomic mass is 32.2. The molecular formula is C15H15F3N4OS. The number of hydrogen-bond donors (Lipinski definition) is 0. The van der Waals surface area contributed by atoms with Gasteiger partial charge in [-0.05, 0) is 25.0 Å². The standard InChI is InChI=1S/C15H15F3N4OS/c1-9(24-14-20-19-13(21(14)2)15(16,17)18)12(23)22-8-7-10-5-3-4-6-11(10)22/h3-6,9H,7-8H2,1-2H3/t9-/m1/s1. The maximum absolute atomic E-state index is 12.8. The number of carbonyl (C=O) groups excluding carboxylic acids is 1. The van der Waals surface area contributed by atoms with E-state index in [2.05, 4.69) is 10.2 Å². The molecule has 0 spiro atoms. The Morgan fingerprint density at radius 3 is 2.67 bits per heavy atom. The number of halogens is 3. The number of hydrogen-bond acceptors (Lipinski definition) is 4. The molecule has 1 aromatic heterocycles. The molecule has 3 rings (SSSR count). The summed E-state index contributed by atoms with van der Waals surface area (Å²) in [7, 11) is 1.24. The Morgan fingerprint density at radius 1 is 1.29 bits per heavy atom. The Kier molecular flexibility index (Phi) is 4.29. The number of nitrogens with zero attached hydrogens (tertiary/aromatic N) is 4. The monoisotopic (exact) mass is 356 g/mol. The fourth-order valence-corrected chi connectivity index (χ4v) is 3.54. The molecule has 5 nitrogen and oxygen atoms in total. The first kappa shape index (κ1) is 16.8. The molecule has 1 aromatic carbocycles. The summed E-state index contributed by atoms with van der Waals surface area (Å²) in [4.78, 5) is 14.3. The van der Waals surface area contributed by atoms with E-state index in [1.165, 1.54) is 7.05 Å². The van der Waals surface area contributed by atoms with Gasteiger partial charge in [0.2, 0.25) is 11.7 Å². The number of benzene rings is 1. The lowest BCUT2D eigenvalue weighted by atomic mass is 10.2. The van der Waals surface area contributed by atoms with Crippen molar-refractivity contribution < 1.29 is 18.0 Å². The first-order valence-electron chi connectivity index (χ1n) is 7.31. The summed E-state index contributed by atoms with van der Waals surface area (Å²) in [6, 6.07) is 7.63. The van der Waals surface area contributed by atoms with Crippen LogP contribution in [-0.4, -0.2) is 32.5 Å². The zero-order chi connectivity index (χ0) is 17.5. The fraction of sp³-hybridized carbons (Fsp3) is 0.400. The SMILES string of the molecule is C[C@@H](Sc1nnc(C(F)(F)F)n1C)C(=O)N1CCc2ccccc21. The van der Waals surface area contributed by atoms with Crippen LogP contribution in [0.1, 0.15) is 18.3 Å². The van der Waals surface area contributed by atoms with Crippen LogP contribution in [0.2, 0.25) is 0 Å². The van der Waals surface area contributed by atoms with Gasteiger partial charge in [0.1, 0.15) is 0 Å². The van der Waals surface area contributed by atoms with E-state index in [0.717, 1.165) is 34.0 Å². The van der Waals surface area contributed by atoms with E-state index in [-0.39, 0.29) is 11.1 Å². The highest BCUT2D eigenvalue weighted by Gasteiger charge is 2.38. The smallest absolute Gasteiger partial charge is 0.311 e. The Labute approximate surface area is 140 Å². The third kappa shape index (κ3) is 3.00. The number of para-hydroxylation sites is 1. The number of rotatable bonds is 3. The normalized spacial score (nSPS) is 15.5. The van der Waals surface area contributed by atoms with Gasteiger partial charge in [0.25, 0.3) is 0 Å². The van der Waals surface area contributed by atoms with Crippen LogP contribution >= 0.6 is 11.8 Å². The van der Waals surface area contributed by atoms with E-state index in [9.17, 15) is 18.0 Å². The molecule has 1 atom stereocenters. The molecule has 0 saturated carbocycles. The minimum Gasteiger partial charge on any atom is -0.311 e. The van der Waals surface area contributed by atoms with Crippen LogP contribution in [0.4, 0.5) is 18.9 Å². The second-order valence-electron chi connectivity index (χ2n) is 5.49. The molecule has 24 heavy (non-hydrogen) atoms. The van der Waals surface area contributed by atoms with Gasteiger partial charge in [0.05, 0.1) is 5.25 Å². The average molecular weight is 356 g/mol. The van der Waals surface area contributed by atoms with Crippen LogP contribution in [0.15, 0.2) is 29.4 Å². The molecule has 0 bridgehead atoms. The fourth-order valence-electron chi connectivity index (χ4n) is 2.66. The number of fused-ring (bicyclic) bond motifs is 1. The zero-order valence-electron chi connectivity index (χ0n) is 13.0. The van der Waals surface area contributed by atoms with E-state index in [1.54, 1.807) is 11.8 Å². The molecule has 2 aromatic rings. The van der Waals surface area contributed by atoms with Crippen LogP contribution in [0.3, 0.4) is 0 Å². The first-order chi connectivity index (χ1) is 11.3. The van der Waals surface area contributed by atoms with Crippen molar-refractivity contribution in [2.45, 2.75) is 29.9 Å². The second kappa shape index (κ2) is 6.12. The molecule has 2 heterocycles. The molecule has 1 aliphatic rings. The highest BCUT2D eigenvalue weighted by Crippen LogP contribution is 2.33. The number of alkyl halides is 3. The van der Waals surface area contributed by atoms with Gasteiger partial charge < -0.3 is 9.47 Å². The lowest BCUT2D eigenvalue weighted by Gasteiger charge is -2.21. The summed E-state index contributed by atoms with van der Waals surface area (Å²) in [5.74, 6) is -1.22. The predicted octanol–water partition coefficient (Wildman–Crippen LogP) is 2.90. The van der Waals surface area contributed by atoms with Gasteiger partial charge in [-0.25, -0.2) is 0 Å². The second-order valence-corrected chi connectivity index (χ2v) is 6.80. The van der Waals surface area contributed by atoms with Gasteiger partial charge in [-0.15, -0.1) is 10.2 Å². The first-order valence-corrected chi connectivity index (χ1v) is 8.19. The number of aromatic nitrogens is 3. The van der Waals surface area contributed by atoms with Gasteiger partial charge in [-0.2, -0.15) is 13.2 Å². The summed E-state index contributed by atoms with van der Waals surface area (Å²) >= 11 is 0.975. The van der Waals surface area contributed by atoms with E-state index in [4.69, 9.17) is 0 Å². The summed E-state index contributed by atoms with van der Waals surface area (Å²) in [5.41, 5.74) is 1.96. The van der Waals surface area contributed by atoms with Crippen LogP contribution in [0.5, 0.6) is 0 Å². The van der Waals surface area contributed by atoms with Crippen LogP contribution in [0.25, 0.3) is 0 Å². The lowest BCUT2D eigenvalue weighted by molar-refractivity contribution is -0.147. The molecule has 1 aliphatic heterocycles.